The van der Waals surface area contributed by atoms with Gasteiger partial charge in [0.25, 0.3) is 0 Å². The summed E-state index contributed by atoms with van der Waals surface area (Å²) in [6.07, 6.45) is 0.550. The molecule has 23 heavy (non-hydrogen) atoms. The fourth-order valence-electron chi connectivity index (χ4n) is 2.45. The van der Waals surface area contributed by atoms with Crippen LogP contribution in [0.4, 0.5) is 0 Å². The normalized spacial score (nSPS) is 13.5. The third-order valence-electron chi connectivity index (χ3n) is 3.66. The number of nitrogens with zero attached hydrogens (tertiary/aromatic N) is 4. The highest BCUT2D eigenvalue weighted by molar-refractivity contribution is 5.80. The van der Waals surface area contributed by atoms with E-state index in [0.29, 0.717) is 18.8 Å². The van der Waals surface area contributed by atoms with Gasteiger partial charge in [-0.25, -0.2) is 4.68 Å². The Morgan fingerprint density at radius 1 is 1.30 bits per heavy atom. The van der Waals surface area contributed by atoms with E-state index < -0.39 is 6.04 Å². The van der Waals surface area contributed by atoms with E-state index in [4.69, 9.17) is 0 Å². The summed E-state index contributed by atoms with van der Waals surface area (Å²) in [5.41, 5.74) is 1.07. The molecule has 0 bridgehead atoms. The predicted molar refractivity (Wildman–Crippen MR) is 87.9 cm³/mol. The molecule has 0 saturated carbocycles. The Kier molecular flexibility index (Phi) is 6.22. The number of aryl methyl sites for hydroxylation is 1. The van der Waals surface area contributed by atoms with Gasteiger partial charge in [-0.15, -0.1) is 5.10 Å². The monoisotopic (exact) mass is 316 g/mol. The van der Waals surface area contributed by atoms with E-state index in [9.17, 15) is 4.79 Å². The lowest BCUT2D eigenvalue weighted by molar-refractivity contribution is -0.124. The molecule has 1 amide bonds. The highest BCUT2D eigenvalue weighted by Gasteiger charge is 2.24. The lowest BCUT2D eigenvalue weighted by Crippen LogP contribution is -2.42. The largest absolute Gasteiger partial charge is 0.353 e. The molecular weight excluding hydrogens is 292 g/mol. The average Bonchev–Trinajstić information content (AvgIpc) is 2.97. The lowest BCUT2D eigenvalue weighted by atomic mass is 10.1. The summed E-state index contributed by atoms with van der Waals surface area (Å²) in [5, 5.41) is 17.8. The molecule has 7 heteroatoms. The Morgan fingerprint density at radius 3 is 2.65 bits per heavy atom. The minimum Gasteiger partial charge on any atom is -0.353 e. The molecule has 1 aromatic carbocycles. The van der Waals surface area contributed by atoms with E-state index in [1.807, 2.05) is 44.2 Å². The molecule has 0 spiro atoms. The molecule has 0 aliphatic rings. The lowest BCUT2D eigenvalue weighted by Gasteiger charge is -2.19. The van der Waals surface area contributed by atoms with Crippen molar-refractivity contribution in [3.05, 3.63) is 41.7 Å². The third-order valence-corrected chi connectivity index (χ3v) is 3.66. The van der Waals surface area contributed by atoms with Gasteiger partial charge in [0.1, 0.15) is 11.9 Å². The number of hydrogen-bond acceptors (Lipinski definition) is 5. The summed E-state index contributed by atoms with van der Waals surface area (Å²) in [6, 6.07) is 9.65. The van der Waals surface area contributed by atoms with Crippen LogP contribution in [0, 0.1) is 6.92 Å². The molecular formula is C16H24N6O. The molecule has 0 fully saturated rings. The maximum absolute atomic E-state index is 12.7. The highest BCUT2D eigenvalue weighted by Crippen LogP contribution is 2.14. The van der Waals surface area contributed by atoms with E-state index in [1.165, 1.54) is 0 Å². The van der Waals surface area contributed by atoms with Crippen molar-refractivity contribution in [2.45, 2.75) is 39.3 Å². The smallest absolute Gasteiger partial charge is 0.245 e. The minimum atomic E-state index is -0.457. The van der Waals surface area contributed by atoms with Crippen molar-refractivity contribution in [1.82, 2.24) is 30.8 Å². The number of amides is 1. The van der Waals surface area contributed by atoms with E-state index in [-0.39, 0.29) is 11.9 Å². The van der Waals surface area contributed by atoms with Crippen LogP contribution in [0.25, 0.3) is 0 Å². The summed E-state index contributed by atoms with van der Waals surface area (Å²) in [5.74, 6) is 0.551. The quantitative estimate of drug-likeness (QED) is 0.755. The van der Waals surface area contributed by atoms with Gasteiger partial charge in [0.2, 0.25) is 5.91 Å². The third kappa shape index (κ3) is 4.85. The molecule has 1 heterocycles. The summed E-state index contributed by atoms with van der Waals surface area (Å²) in [7, 11) is 0. The van der Waals surface area contributed by atoms with E-state index >= 15 is 0 Å². The number of hydrogen-bond donors (Lipinski definition) is 2. The van der Waals surface area contributed by atoms with Crippen molar-refractivity contribution in [3.63, 3.8) is 0 Å². The van der Waals surface area contributed by atoms with Crippen LogP contribution in [-0.4, -0.2) is 45.2 Å². The Hall–Kier alpha value is -2.28. The molecule has 0 saturated heterocycles. The number of rotatable bonds is 8. The molecule has 0 aliphatic carbocycles. The van der Waals surface area contributed by atoms with Crippen LogP contribution < -0.4 is 10.6 Å². The van der Waals surface area contributed by atoms with E-state index in [0.717, 1.165) is 12.1 Å². The second-order valence-corrected chi connectivity index (χ2v) is 5.58. The van der Waals surface area contributed by atoms with Crippen molar-refractivity contribution in [3.8, 4) is 0 Å². The second-order valence-electron chi connectivity index (χ2n) is 5.58. The summed E-state index contributed by atoms with van der Waals surface area (Å²) in [6.45, 7) is 7.32. The van der Waals surface area contributed by atoms with Crippen LogP contribution >= 0.6 is 0 Å². The van der Waals surface area contributed by atoms with Gasteiger partial charge in [-0.1, -0.05) is 37.3 Å². The van der Waals surface area contributed by atoms with Crippen molar-refractivity contribution in [2.24, 2.45) is 0 Å². The van der Waals surface area contributed by atoms with Gasteiger partial charge in [0.05, 0.1) is 0 Å². The molecule has 2 rings (SSSR count). The fraction of sp³-hybridized carbons (Fsp3) is 0.500. The van der Waals surface area contributed by atoms with Gasteiger partial charge in [-0.05, 0) is 36.4 Å². The van der Waals surface area contributed by atoms with Gasteiger partial charge >= 0.3 is 0 Å². The molecule has 0 aliphatic heterocycles. The second kappa shape index (κ2) is 8.38. The van der Waals surface area contributed by atoms with Crippen molar-refractivity contribution < 1.29 is 4.79 Å². The number of carbonyl (C=O) groups is 1. The van der Waals surface area contributed by atoms with Gasteiger partial charge in [0.15, 0.2) is 0 Å². The maximum Gasteiger partial charge on any atom is 0.245 e. The molecule has 1 unspecified atom stereocenters. The molecule has 2 aromatic rings. The van der Waals surface area contributed by atoms with Gasteiger partial charge in [-0.3, -0.25) is 4.79 Å². The SMILES string of the molecule is CCN[C@H](C)CNC(=O)C(Cc1ccccc1)n1nnnc1C. The average molecular weight is 316 g/mol. The molecule has 1 aromatic heterocycles. The Bertz CT molecular complexity index is 612. The van der Waals surface area contributed by atoms with Crippen LogP contribution in [0.3, 0.4) is 0 Å². The first kappa shape index (κ1) is 17.1. The zero-order valence-electron chi connectivity index (χ0n) is 13.9. The number of carbonyl (C=O) groups excluding carboxylic acids is 1. The number of nitrogens with one attached hydrogen (secondary N) is 2. The molecule has 2 N–H and O–H groups in total. The maximum atomic E-state index is 12.7. The highest BCUT2D eigenvalue weighted by atomic mass is 16.2. The van der Waals surface area contributed by atoms with Crippen LogP contribution in [-0.2, 0) is 11.2 Å². The standard InChI is InChI=1S/C16H24N6O/c1-4-17-12(2)11-18-16(23)15(22-13(3)19-20-21-22)10-14-8-6-5-7-9-14/h5-9,12,15,17H,4,10-11H2,1-3H3,(H,18,23)/t12-,15?/m1/s1. The molecule has 0 radical (unpaired) electrons. The first-order chi connectivity index (χ1) is 11.1. The van der Waals surface area contributed by atoms with Crippen molar-refractivity contribution in [2.75, 3.05) is 13.1 Å². The number of likely N-dealkylation sites (N-methyl/N-ethyl adjacent to an activating group) is 1. The zero-order chi connectivity index (χ0) is 16.7. The first-order valence-electron chi connectivity index (χ1n) is 7.91. The van der Waals surface area contributed by atoms with Crippen LogP contribution in [0.15, 0.2) is 30.3 Å². The summed E-state index contributed by atoms with van der Waals surface area (Å²) >= 11 is 0. The molecule has 2 atom stereocenters. The first-order valence-corrected chi connectivity index (χ1v) is 7.91. The Balaban J connectivity index is 2.10. The van der Waals surface area contributed by atoms with Crippen molar-refractivity contribution >= 4 is 5.91 Å². The summed E-state index contributed by atoms with van der Waals surface area (Å²) < 4.78 is 1.58. The number of benzene rings is 1. The number of aromatic nitrogens is 4. The van der Waals surface area contributed by atoms with E-state index in [1.54, 1.807) is 11.6 Å². The van der Waals surface area contributed by atoms with Gasteiger partial charge < -0.3 is 10.6 Å². The van der Waals surface area contributed by atoms with Crippen LogP contribution in [0.2, 0.25) is 0 Å². The fourth-order valence-corrected chi connectivity index (χ4v) is 2.45. The van der Waals surface area contributed by atoms with Crippen LogP contribution in [0.5, 0.6) is 0 Å². The van der Waals surface area contributed by atoms with Gasteiger partial charge in [-0.2, -0.15) is 0 Å². The Morgan fingerprint density at radius 2 is 2.04 bits per heavy atom. The number of tetrazole rings is 1. The topological polar surface area (TPSA) is 84.7 Å². The zero-order valence-corrected chi connectivity index (χ0v) is 13.9. The van der Waals surface area contributed by atoms with Crippen LogP contribution in [0.1, 0.15) is 31.3 Å². The predicted octanol–water partition coefficient (Wildman–Crippen LogP) is 0.880. The van der Waals surface area contributed by atoms with Gasteiger partial charge in [0, 0.05) is 19.0 Å². The summed E-state index contributed by atoms with van der Waals surface area (Å²) in [4.78, 5) is 12.7. The molecule has 7 nitrogen and oxygen atoms in total. The van der Waals surface area contributed by atoms with E-state index in [2.05, 4.69) is 26.2 Å². The Labute approximate surface area is 136 Å². The minimum absolute atomic E-state index is 0.0750. The molecule has 124 valence electrons. The van der Waals surface area contributed by atoms with Crippen molar-refractivity contribution in [1.29, 1.82) is 0 Å².